The zero-order valence-electron chi connectivity index (χ0n) is 15.3. The topological polar surface area (TPSA) is 65.4 Å². The molecule has 0 aliphatic rings. The molecule has 0 saturated carbocycles. The van der Waals surface area contributed by atoms with Crippen LogP contribution in [-0.4, -0.2) is 36.2 Å². The number of hydrogen-bond acceptors (Lipinski definition) is 4. The van der Waals surface area contributed by atoms with Crippen LogP contribution < -0.4 is 14.8 Å². The van der Waals surface area contributed by atoms with Crippen LogP contribution in [0.1, 0.15) is 11.4 Å². The molecule has 0 saturated heterocycles. The number of carbonyl (C=O) groups is 1. The lowest BCUT2D eigenvalue weighted by Gasteiger charge is -2.10. The van der Waals surface area contributed by atoms with Crippen molar-refractivity contribution < 1.29 is 14.3 Å². The molecule has 1 N–H and O–H groups in total. The molecule has 0 atom stereocenters. The van der Waals surface area contributed by atoms with E-state index in [4.69, 9.17) is 9.47 Å². The molecule has 136 valence electrons. The number of nitrogens with zero attached hydrogens (tertiary/aromatic N) is 2. The highest BCUT2D eigenvalue weighted by Gasteiger charge is 2.10. The average molecular weight is 353 g/mol. The fraction of sp³-hybridized carbons (Fsp3) is 0.300. The monoisotopic (exact) mass is 353 g/mol. The number of carbonyl (C=O) groups excluding carboxylic acids is 1. The van der Waals surface area contributed by atoms with E-state index < -0.39 is 0 Å². The van der Waals surface area contributed by atoms with Gasteiger partial charge in [-0.25, -0.2) is 4.98 Å². The summed E-state index contributed by atoms with van der Waals surface area (Å²) in [5.41, 5.74) is 2.95. The largest absolute Gasteiger partial charge is 0.493 e. The standard InChI is InChI=1S/C20H23N3O3/c1-23-16-7-5-4-6-15(16)22-19(23)10-11-21-20(24)13-14-8-9-17(25-2)18(12-14)26-3/h4-9,12H,10-11,13H2,1-3H3,(H,21,24). The molecule has 26 heavy (non-hydrogen) atoms. The van der Waals surface area contributed by atoms with E-state index in [1.807, 2.05) is 43.4 Å². The molecule has 2 aromatic carbocycles. The second kappa shape index (κ2) is 7.91. The van der Waals surface area contributed by atoms with Gasteiger partial charge in [0.1, 0.15) is 5.82 Å². The predicted molar refractivity (Wildman–Crippen MR) is 101 cm³/mol. The van der Waals surface area contributed by atoms with Crippen LogP contribution in [0.2, 0.25) is 0 Å². The lowest BCUT2D eigenvalue weighted by Crippen LogP contribution is -2.27. The maximum absolute atomic E-state index is 12.2. The SMILES string of the molecule is COc1ccc(CC(=O)NCCc2nc3ccccc3n2C)cc1OC. The second-order valence-electron chi connectivity index (χ2n) is 6.04. The van der Waals surface area contributed by atoms with Gasteiger partial charge in [0, 0.05) is 20.0 Å². The molecule has 0 unspecified atom stereocenters. The number of methoxy groups -OCH3 is 2. The summed E-state index contributed by atoms with van der Waals surface area (Å²) in [6.07, 6.45) is 0.978. The first-order valence-electron chi connectivity index (χ1n) is 8.50. The molecule has 0 fully saturated rings. The molecule has 1 heterocycles. The Morgan fingerprint density at radius 1 is 1.12 bits per heavy atom. The number of rotatable bonds is 7. The van der Waals surface area contributed by atoms with Crippen molar-refractivity contribution in [3.05, 3.63) is 53.9 Å². The highest BCUT2D eigenvalue weighted by Crippen LogP contribution is 2.27. The third-order valence-electron chi connectivity index (χ3n) is 4.36. The molecule has 6 nitrogen and oxygen atoms in total. The minimum absolute atomic E-state index is 0.0315. The predicted octanol–water partition coefficient (Wildman–Crippen LogP) is 2.49. The van der Waals surface area contributed by atoms with E-state index >= 15 is 0 Å². The fourth-order valence-corrected chi connectivity index (χ4v) is 2.97. The van der Waals surface area contributed by atoms with Gasteiger partial charge in [-0.1, -0.05) is 18.2 Å². The minimum Gasteiger partial charge on any atom is -0.493 e. The molecule has 0 spiro atoms. The summed E-state index contributed by atoms with van der Waals surface area (Å²) in [7, 11) is 5.17. The first-order chi connectivity index (χ1) is 12.6. The molecule has 1 aromatic heterocycles. The summed E-state index contributed by atoms with van der Waals surface area (Å²) in [5.74, 6) is 2.20. The van der Waals surface area contributed by atoms with Gasteiger partial charge in [0.15, 0.2) is 11.5 Å². The van der Waals surface area contributed by atoms with Crippen molar-refractivity contribution in [3.8, 4) is 11.5 Å². The minimum atomic E-state index is -0.0315. The van der Waals surface area contributed by atoms with Gasteiger partial charge in [0.25, 0.3) is 0 Å². The van der Waals surface area contributed by atoms with Gasteiger partial charge in [0.2, 0.25) is 5.91 Å². The van der Waals surface area contributed by atoms with Crippen LogP contribution in [0.5, 0.6) is 11.5 Å². The summed E-state index contributed by atoms with van der Waals surface area (Å²) >= 11 is 0. The third-order valence-corrected chi connectivity index (χ3v) is 4.36. The van der Waals surface area contributed by atoms with Gasteiger partial charge >= 0.3 is 0 Å². The van der Waals surface area contributed by atoms with Crippen molar-refractivity contribution in [1.29, 1.82) is 0 Å². The Morgan fingerprint density at radius 3 is 2.62 bits per heavy atom. The highest BCUT2D eigenvalue weighted by molar-refractivity contribution is 5.79. The zero-order chi connectivity index (χ0) is 18.5. The van der Waals surface area contributed by atoms with Crippen molar-refractivity contribution in [2.75, 3.05) is 20.8 Å². The maximum Gasteiger partial charge on any atom is 0.224 e. The van der Waals surface area contributed by atoms with E-state index in [1.54, 1.807) is 20.3 Å². The Morgan fingerprint density at radius 2 is 1.88 bits per heavy atom. The van der Waals surface area contributed by atoms with E-state index in [0.29, 0.717) is 30.9 Å². The molecular formula is C20H23N3O3. The van der Waals surface area contributed by atoms with E-state index in [1.165, 1.54) is 0 Å². The zero-order valence-corrected chi connectivity index (χ0v) is 15.3. The number of ether oxygens (including phenoxy) is 2. The lowest BCUT2D eigenvalue weighted by molar-refractivity contribution is -0.120. The van der Waals surface area contributed by atoms with Crippen molar-refractivity contribution >= 4 is 16.9 Å². The molecule has 3 aromatic rings. The van der Waals surface area contributed by atoms with Gasteiger partial charge in [0.05, 0.1) is 31.7 Å². The maximum atomic E-state index is 12.2. The van der Waals surface area contributed by atoms with Crippen LogP contribution in [0.15, 0.2) is 42.5 Å². The first kappa shape index (κ1) is 17.8. The van der Waals surface area contributed by atoms with Gasteiger partial charge in [-0.3, -0.25) is 4.79 Å². The smallest absolute Gasteiger partial charge is 0.224 e. The number of fused-ring (bicyclic) bond motifs is 1. The number of hydrogen-bond donors (Lipinski definition) is 1. The molecule has 1 amide bonds. The van der Waals surface area contributed by atoms with Crippen molar-refractivity contribution in [2.24, 2.45) is 7.05 Å². The summed E-state index contributed by atoms with van der Waals surface area (Å²) in [6.45, 7) is 0.545. The Labute approximate surface area is 152 Å². The van der Waals surface area contributed by atoms with Gasteiger partial charge in [-0.15, -0.1) is 0 Å². The number of nitrogens with one attached hydrogen (secondary N) is 1. The highest BCUT2D eigenvalue weighted by atomic mass is 16.5. The second-order valence-corrected chi connectivity index (χ2v) is 6.04. The number of aryl methyl sites for hydroxylation is 1. The molecular weight excluding hydrogens is 330 g/mol. The Bertz CT molecular complexity index is 918. The molecule has 3 rings (SSSR count). The van der Waals surface area contributed by atoms with E-state index in [9.17, 15) is 4.79 Å². The Balaban J connectivity index is 1.56. The van der Waals surface area contributed by atoms with E-state index in [0.717, 1.165) is 22.4 Å². The molecule has 0 aliphatic heterocycles. The Hall–Kier alpha value is -3.02. The van der Waals surface area contributed by atoms with Gasteiger partial charge < -0.3 is 19.4 Å². The fourth-order valence-electron chi connectivity index (χ4n) is 2.97. The molecule has 0 bridgehead atoms. The summed E-state index contributed by atoms with van der Waals surface area (Å²) in [6, 6.07) is 13.5. The van der Waals surface area contributed by atoms with E-state index in [2.05, 4.69) is 14.9 Å². The van der Waals surface area contributed by atoms with Crippen molar-refractivity contribution in [3.63, 3.8) is 0 Å². The molecule has 0 radical (unpaired) electrons. The third kappa shape index (κ3) is 3.79. The van der Waals surface area contributed by atoms with Gasteiger partial charge in [-0.2, -0.15) is 0 Å². The van der Waals surface area contributed by atoms with Crippen molar-refractivity contribution in [1.82, 2.24) is 14.9 Å². The normalized spacial score (nSPS) is 10.7. The lowest BCUT2D eigenvalue weighted by atomic mass is 10.1. The summed E-state index contributed by atoms with van der Waals surface area (Å²) < 4.78 is 12.5. The van der Waals surface area contributed by atoms with Crippen LogP contribution in [0.3, 0.4) is 0 Å². The quantitative estimate of drug-likeness (QED) is 0.709. The average Bonchev–Trinajstić information content (AvgIpc) is 2.98. The summed E-state index contributed by atoms with van der Waals surface area (Å²) in [5, 5.41) is 2.95. The van der Waals surface area contributed by atoms with Crippen LogP contribution >= 0.6 is 0 Å². The van der Waals surface area contributed by atoms with Crippen LogP contribution in [0, 0.1) is 0 Å². The number of imidazole rings is 1. The Kier molecular flexibility index (Phi) is 5.41. The van der Waals surface area contributed by atoms with Crippen LogP contribution in [-0.2, 0) is 24.7 Å². The number of amides is 1. The van der Waals surface area contributed by atoms with Gasteiger partial charge in [-0.05, 0) is 29.8 Å². The first-order valence-corrected chi connectivity index (χ1v) is 8.50. The number of benzene rings is 2. The summed E-state index contributed by atoms with van der Waals surface area (Å²) in [4.78, 5) is 16.8. The molecule has 0 aliphatic carbocycles. The van der Waals surface area contributed by atoms with Crippen LogP contribution in [0.25, 0.3) is 11.0 Å². The van der Waals surface area contributed by atoms with E-state index in [-0.39, 0.29) is 5.91 Å². The van der Waals surface area contributed by atoms with Crippen molar-refractivity contribution in [2.45, 2.75) is 12.8 Å². The number of para-hydroxylation sites is 2. The van der Waals surface area contributed by atoms with Crippen LogP contribution in [0.4, 0.5) is 0 Å². The molecule has 6 heteroatoms. The number of aromatic nitrogens is 2.